The molecule has 0 fully saturated rings. The van der Waals surface area contributed by atoms with Gasteiger partial charge in [-0.15, -0.1) is 0 Å². The van der Waals surface area contributed by atoms with Gasteiger partial charge in [-0.1, -0.05) is 86.6 Å². The van der Waals surface area contributed by atoms with Crippen LogP contribution in [-0.2, 0) is 0 Å². The van der Waals surface area contributed by atoms with Crippen molar-refractivity contribution >= 4 is 0 Å². The smallest absolute Gasteiger partial charge is 0.115 e. The molecule has 6 aromatic rings. The molecule has 0 aromatic heterocycles. The predicted octanol–water partition coefficient (Wildman–Crippen LogP) is 12.3. The molecule has 0 radical (unpaired) electrons. The Bertz CT molecular complexity index is 2070. The second-order valence-electron chi connectivity index (χ2n) is 15.5. The Morgan fingerprint density at radius 3 is 0.732 bits per heavy atom. The van der Waals surface area contributed by atoms with Gasteiger partial charge in [0, 0.05) is 0 Å². The second kappa shape index (κ2) is 18.6. The Morgan fingerprint density at radius 1 is 0.286 bits per heavy atom. The molecule has 6 rings (SSSR count). The van der Waals surface area contributed by atoms with Crippen LogP contribution in [-0.4, -0.2) is 30.6 Å². The third kappa shape index (κ3) is 10.7. The molecule has 6 unspecified atom stereocenters. The molecular weight excluding hydrogens is 697 g/mol. The first-order chi connectivity index (χ1) is 27.0. The lowest BCUT2D eigenvalue weighted by atomic mass is 9.72. The standard InChI is InChI=1S/C50H54O6/c1-3-34(36-6-18-46(52)19-7-36)29-42(38-10-22-48(54)23-11-38)31-44(40-14-26-50(56)27-15-40)32-43(39-12-24-49(55)25-13-39)30-41(37-8-20-47(53)21-9-37)28-33(2)35-4-16-45(51)17-5-35/h4-27,33-34,41-44,51-56H,3,28-32H2,1-2H3. The zero-order valence-electron chi connectivity index (χ0n) is 32.2. The van der Waals surface area contributed by atoms with Gasteiger partial charge in [-0.05, 0) is 180 Å². The highest BCUT2D eigenvalue weighted by atomic mass is 16.3. The van der Waals surface area contributed by atoms with E-state index in [2.05, 4.69) is 13.8 Å². The molecule has 56 heavy (non-hydrogen) atoms. The summed E-state index contributed by atoms with van der Waals surface area (Å²) in [6.07, 6.45) is 5.04. The van der Waals surface area contributed by atoms with Crippen molar-refractivity contribution < 1.29 is 30.6 Å². The van der Waals surface area contributed by atoms with Crippen molar-refractivity contribution in [1.82, 2.24) is 0 Å². The maximum Gasteiger partial charge on any atom is 0.115 e. The highest BCUT2D eigenvalue weighted by Crippen LogP contribution is 2.46. The molecular formula is C50H54O6. The van der Waals surface area contributed by atoms with Crippen LogP contribution < -0.4 is 0 Å². The van der Waals surface area contributed by atoms with Gasteiger partial charge < -0.3 is 30.6 Å². The Morgan fingerprint density at radius 2 is 0.482 bits per heavy atom. The summed E-state index contributed by atoms with van der Waals surface area (Å²) in [5.74, 6) is 2.16. The van der Waals surface area contributed by atoms with Crippen LogP contribution >= 0.6 is 0 Å². The summed E-state index contributed by atoms with van der Waals surface area (Å²) in [7, 11) is 0. The molecule has 0 amide bonds. The Kier molecular flexibility index (Phi) is 13.2. The molecule has 0 aliphatic carbocycles. The first kappa shape index (κ1) is 39.8. The number of phenols is 6. The van der Waals surface area contributed by atoms with E-state index >= 15 is 0 Å². The summed E-state index contributed by atoms with van der Waals surface area (Å²) in [4.78, 5) is 0. The van der Waals surface area contributed by atoms with Crippen molar-refractivity contribution in [3.63, 3.8) is 0 Å². The zero-order chi connectivity index (χ0) is 39.6. The first-order valence-corrected chi connectivity index (χ1v) is 19.8. The minimum absolute atomic E-state index is 0.0692. The summed E-state index contributed by atoms with van der Waals surface area (Å²) < 4.78 is 0. The summed E-state index contributed by atoms with van der Waals surface area (Å²) in [6.45, 7) is 4.42. The van der Waals surface area contributed by atoms with Crippen molar-refractivity contribution in [2.75, 3.05) is 0 Å². The normalized spacial score (nSPS) is 14.7. The average Bonchev–Trinajstić information content (AvgIpc) is 3.20. The average molecular weight is 751 g/mol. The summed E-state index contributed by atoms with van der Waals surface area (Å²) in [5.41, 5.74) is 6.87. The zero-order valence-corrected chi connectivity index (χ0v) is 32.2. The molecule has 0 aliphatic rings. The van der Waals surface area contributed by atoms with Crippen LogP contribution in [0.4, 0.5) is 0 Å². The second-order valence-corrected chi connectivity index (χ2v) is 15.5. The van der Waals surface area contributed by atoms with E-state index in [1.54, 1.807) is 72.8 Å². The van der Waals surface area contributed by atoms with E-state index in [0.717, 1.165) is 66.3 Å². The van der Waals surface area contributed by atoms with Gasteiger partial charge in [0.25, 0.3) is 0 Å². The lowest BCUT2D eigenvalue weighted by Gasteiger charge is -2.32. The third-order valence-electron chi connectivity index (χ3n) is 11.7. The van der Waals surface area contributed by atoms with E-state index in [4.69, 9.17) is 0 Å². The van der Waals surface area contributed by atoms with Gasteiger partial charge in [0.2, 0.25) is 0 Å². The largest absolute Gasteiger partial charge is 0.508 e. The molecule has 6 atom stereocenters. The summed E-state index contributed by atoms with van der Waals surface area (Å²) >= 11 is 0. The van der Waals surface area contributed by atoms with Crippen molar-refractivity contribution in [2.24, 2.45) is 0 Å². The van der Waals surface area contributed by atoms with Gasteiger partial charge >= 0.3 is 0 Å². The molecule has 6 aromatic carbocycles. The number of phenolic OH excluding ortho intramolecular Hbond substituents is 6. The van der Waals surface area contributed by atoms with Crippen LogP contribution in [0.2, 0.25) is 0 Å². The Labute approximate surface area is 331 Å². The van der Waals surface area contributed by atoms with Gasteiger partial charge in [0.05, 0.1) is 0 Å². The highest BCUT2D eigenvalue weighted by Gasteiger charge is 2.29. The third-order valence-corrected chi connectivity index (χ3v) is 11.7. The minimum atomic E-state index is 0.0692. The van der Waals surface area contributed by atoms with Crippen molar-refractivity contribution in [3.05, 3.63) is 179 Å². The monoisotopic (exact) mass is 750 g/mol. The van der Waals surface area contributed by atoms with E-state index in [1.807, 2.05) is 72.8 Å². The lowest BCUT2D eigenvalue weighted by Crippen LogP contribution is -2.16. The first-order valence-electron chi connectivity index (χ1n) is 19.8. The van der Waals surface area contributed by atoms with E-state index in [1.165, 1.54) is 5.56 Å². The van der Waals surface area contributed by atoms with Crippen LogP contribution in [0.3, 0.4) is 0 Å². The van der Waals surface area contributed by atoms with Gasteiger partial charge in [-0.25, -0.2) is 0 Å². The van der Waals surface area contributed by atoms with Crippen molar-refractivity contribution in [2.45, 2.75) is 87.9 Å². The number of benzene rings is 6. The Balaban J connectivity index is 1.39. The maximum atomic E-state index is 10.4. The molecule has 0 heterocycles. The maximum absolute atomic E-state index is 10.4. The summed E-state index contributed by atoms with van der Waals surface area (Å²) in [5, 5.41) is 61.3. The van der Waals surface area contributed by atoms with E-state index in [9.17, 15) is 30.6 Å². The number of rotatable bonds is 17. The molecule has 0 bridgehead atoms. The van der Waals surface area contributed by atoms with E-state index in [0.29, 0.717) is 0 Å². The number of aromatic hydroxyl groups is 6. The van der Waals surface area contributed by atoms with E-state index in [-0.39, 0.29) is 70.0 Å². The van der Waals surface area contributed by atoms with Crippen LogP contribution in [0, 0.1) is 0 Å². The topological polar surface area (TPSA) is 121 Å². The van der Waals surface area contributed by atoms with Crippen LogP contribution in [0.1, 0.15) is 121 Å². The minimum Gasteiger partial charge on any atom is -0.508 e. The van der Waals surface area contributed by atoms with Crippen LogP contribution in [0.25, 0.3) is 0 Å². The van der Waals surface area contributed by atoms with Gasteiger partial charge in [-0.3, -0.25) is 0 Å². The van der Waals surface area contributed by atoms with Crippen LogP contribution in [0.5, 0.6) is 34.5 Å². The number of hydrogen-bond donors (Lipinski definition) is 6. The van der Waals surface area contributed by atoms with Gasteiger partial charge in [-0.2, -0.15) is 0 Å². The molecule has 290 valence electrons. The molecule has 6 nitrogen and oxygen atoms in total. The van der Waals surface area contributed by atoms with Crippen LogP contribution in [0.15, 0.2) is 146 Å². The van der Waals surface area contributed by atoms with E-state index < -0.39 is 0 Å². The fraction of sp³-hybridized carbons (Fsp3) is 0.280. The Hall–Kier alpha value is -5.88. The van der Waals surface area contributed by atoms with Gasteiger partial charge in [0.1, 0.15) is 34.5 Å². The lowest BCUT2D eigenvalue weighted by molar-refractivity contribution is 0.391. The number of hydrogen-bond acceptors (Lipinski definition) is 6. The SMILES string of the molecule is CCC(CC(CC(CC(CC(CC(C)c1ccc(O)cc1)c1ccc(O)cc1)c1ccc(O)cc1)c1ccc(O)cc1)c1ccc(O)cc1)c1ccc(O)cc1. The fourth-order valence-electron chi connectivity index (χ4n) is 8.48. The molecule has 6 heteroatoms. The highest BCUT2D eigenvalue weighted by molar-refractivity contribution is 5.36. The molecule has 0 saturated carbocycles. The molecule has 0 aliphatic heterocycles. The molecule has 0 spiro atoms. The van der Waals surface area contributed by atoms with Gasteiger partial charge in [0.15, 0.2) is 0 Å². The molecule has 0 saturated heterocycles. The predicted molar refractivity (Wildman–Crippen MR) is 224 cm³/mol. The van der Waals surface area contributed by atoms with Crippen molar-refractivity contribution in [1.29, 1.82) is 0 Å². The summed E-state index contributed by atoms with van der Waals surface area (Å²) in [6, 6.07) is 45.2. The fourth-order valence-corrected chi connectivity index (χ4v) is 8.48. The quantitative estimate of drug-likeness (QED) is 0.0552. The molecule has 6 N–H and O–H groups in total. The van der Waals surface area contributed by atoms with Crippen molar-refractivity contribution in [3.8, 4) is 34.5 Å².